The monoisotopic (exact) mass is 309 g/mol. The van der Waals surface area contributed by atoms with Gasteiger partial charge in [0.1, 0.15) is 5.69 Å². The molecule has 4 nitrogen and oxygen atoms in total. The number of thioether (sulfide) groups is 2. The molecule has 0 aliphatic carbocycles. The van der Waals surface area contributed by atoms with E-state index in [1.54, 1.807) is 18.0 Å². The Bertz CT molecular complexity index is 531. The van der Waals surface area contributed by atoms with Gasteiger partial charge in [0, 0.05) is 17.5 Å². The zero-order valence-corrected chi connectivity index (χ0v) is 13.5. The molecule has 0 aromatic carbocycles. The molecule has 0 atom stereocenters. The fraction of sp³-hybridized carbons (Fsp3) is 0.500. The van der Waals surface area contributed by atoms with Crippen molar-refractivity contribution in [3.63, 3.8) is 0 Å². The standard InChI is InChI=1S/C14H19N3OS2/c1-3-19-10-6-8-12-16-14(18-17-12)13-11(20-4-2)7-5-9-15-13/h5,7,9H,3-4,6,8,10H2,1-2H3. The van der Waals surface area contributed by atoms with Gasteiger partial charge in [0.15, 0.2) is 5.82 Å². The Balaban J connectivity index is 2.04. The van der Waals surface area contributed by atoms with Crippen molar-refractivity contribution >= 4 is 23.5 Å². The van der Waals surface area contributed by atoms with E-state index in [9.17, 15) is 0 Å². The summed E-state index contributed by atoms with van der Waals surface area (Å²) in [5.74, 6) is 4.59. The molecule has 0 amide bonds. The van der Waals surface area contributed by atoms with E-state index in [-0.39, 0.29) is 0 Å². The molecule has 0 N–H and O–H groups in total. The molecule has 0 saturated carbocycles. The van der Waals surface area contributed by atoms with Gasteiger partial charge < -0.3 is 4.52 Å². The van der Waals surface area contributed by atoms with Gasteiger partial charge >= 0.3 is 0 Å². The van der Waals surface area contributed by atoms with Crippen molar-refractivity contribution in [3.05, 3.63) is 24.2 Å². The van der Waals surface area contributed by atoms with Crippen LogP contribution in [0.1, 0.15) is 26.1 Å². The lowest BCUT2D eigenvalue weighted by Gasteiger charge is -2.01. The van der Waals surface area contributed by atoms with Gasteiger partial charge in [-0.25, -0.2) is 4.98 Å². The Morgan fingerprint density at radius 2 is 2.15 bits per heavy atom. The quantitative estimate of drug-likeness (QED) is 0.544. The number of nitrogens with zero attached hydrogens (tertiary/aromatic N) is 3. The van der Waals surface area contributed by atoms with Crippen molar-refractivity contribution in [2.24, 2.45) is 0 Å². The number of hydrogen-bond acceptors (Lipinski definition) is 6. The molecular weight excluding hydrogens is 290 g/mol. The maximum absolute atomic E-state index is 5.35. The zero-order valence-electron chi connectivity index (χ0n) is 11.8. The molecular formula is C14H19N3OS2. The zero-order chi connectivity index (χ0) is 14.2. The van der Waals surface area contributed by atoms with Gasteiger partial charge in [-0.15, -0.1) is 11.8 Å². The van der Waals surface area contributed by atoms with E-state index in [1.807, 2.05) is 23.9 Å². The smallest absolute Gasteiger partial charge is 0.277 e. The number of pyridine rings is 1. The van der Waals surface area contributed by atoms with Crippen molar-refractivity contribution in [2.75, 3.05) is 17.3 Å². The van der Waals surface area contributed by atoms with Gasteiger partial charge in [-0.05, 0) is 35.8 Å². The molecule has 2 rings (SSSR count). The molecule has 0 aliphatic heterocycles. The first kappa shape index (κ1) is 15.4. The van der Waals surface area contributed by atoms with E-state index in [4.69, 9.17) is 4.52 Å². The number of rotatable bonds is 8. The topological polar surface area (TPSA) is 51.8 Å². The molecule has 0 aliphatic rings. The predicted molar refractivity (Wildman–Crippen MR) is 85.2 cm³/mol. The normalized spacial score (nSPS) is 10.9. The van der Waals surface area contributed by atoms with Crippen molar-refractivity contribution in [1.29, 1.82) is 0 Å². The second-order valence-corrected chi connectivity index (χ2v) is 6.80. The first-order valence-corrected chi connectivity index (χ1v) is 8.97. The van der Waals surface area contributed by atoms with Gasteiger partial charge in [0.2, 0.25) is 0 Å². The fourth-order valence-corrected chi connectivity index (χ4v) is 3.15. The van der Waals surface area contributed by atoms with Crippen molar-refractivity contribution in [3.8, 4) is 11.6 Å². The summed E-state index contributed by atoms with van der Waals surface area (Å²) in [4.78, 5) is 9.92. The molecule has 0 bridgehead atoms. The highest BCUT2D eigenvalue weighted by molar-refractivity contribution is 7.99. The molecule has 2 heterocycles. The third-order valence-electron chi connectivity index (χ3n) is 2.63. The highest BCUT2D eigenvalue weighted by Gasteiger charge is 2.14. The van der Waals surface area contributed by atoms with Gasteiger partial charge in [-0.2, -0.15) is 16.7 Å². The summed E-state index contributed by atoms with van der Waals surface area (Å²) in [6.45, 7) is 4.29. The van der Waals surface area contributed by atoms with Crippen molar-refractivity contribution in [2.45, 2.75) is 31.6 Å². The lowest BCUT2D eigenvalue weighted by molar-refractivity contribution is 0.420. The van der Waals surface area contributed by atoms with Crippen molar-refractivity contribution in [1.82, 2.24) is 15.1 Å². The van der Waals surface area contributed by atoms with E-state index in [2.05, 4.69) is 29.0 Å². The van der Waals surface area contributed by atoms with Crippen LogP contribution in [-0.2, 0) is 6.42 Å². The van der Waals surface area contributed by atoms with Gasteiger partial charge in [0.05, 0.1) is 0 Å². The first-order valence-electron chi connectivity index (χ1n) is 6.83. The van der Waals surface area contributed by atoms with Crippen molar-refractivity contribution < 1.29 is 4.52 Å². The minimum absolute atomic E-state index is 0.527. The lowest BCUT2D eigenvalue weighted by atomic mass is 10.3. The maximum Gasteiger partial charge on any atom is 0.277 e. The van der Waals surface area contributed by atoms with Crippen LogP contribution in [0.3, 0.4) is 0 Å². The van der Waals surface area contributed by atoms with Gasteiger partial charge in [-0.1, -0.05) is 19.0 Å². The first-order chi connectivity index (χ1) is 9.85. The van der Waals surface area contributed by atoms with E-state index >= 15 is 0 Å². The molecule has 2 aromatic heterocycles. The van der Waals surface area contributed by atoms with E-state index in [0.717, 1.165) is 46.5 Å². The molecule has 2 aromatic rings. The van der Waals surface area contributed by atoms with Crippen LogP contribution in [0, 0.1) is 0 Å². The van der Waals surface area contributed by atoms with Crippen LogP contribution < -0.4 is 0 Å². The van der Waals surface area contributed by atoms with E-state index in [1.165, 1.54) is 0 Å². The summed E-state index contributed by atoms with van der Waals surface area (Å²) in [5, 5.41) is 4.05. The molecule has 20 heavy (non-hydrogen) atoms. The number of aryl methyl sites for hydroxylation is 1. The summed E-state index contributed by atoms with van der Waals surface area (Å²) in [6.07, 6.45) is 3.70. The third kappa shape index (κ3) is 4.24. The highest BCUT2D eigenvalue weighted by atomic mass is 32.2. The Labute approximate surface area is 128 Å². The minimum Gasteiger partial charge on any atom is -0.332 e. The highest BCUT2D eigenvalue weighted by Crippen LogP contribution is 2.28. The van der Waals surface area contributed by atoms with Crippen LogP contribution >= 0.6 is 23.5 Å². The predicted octanol–water partition coefficient (Wildman–Crippen LogP) is 3.93. The molecule has 0 saturated heterocycles. The molecule has 0 spiro atoms. The van der Waals surface area contributed by atoms with E-state index in [0.29, 0.717) is 5.89 Å². The van der Waals surface area contributed by atoms with Crippen LogP contribution in [-0.4, -0.2) is 32.4 Å². The van der Waals surface area contributed by atoms with Crippen LogP contribution in [0.2, 0.25) is 0 Å². The molecule has 0 radical (unpaired) electrons. The van der Waals surface area contributed by atoms with Crippen LogP contribution in [0.4, 0.5) is 0 Å². The summed E-state index contributed by atoms with van der Waals surface area (Å²) in [7, 11) is 0. The van der Waals surface area contributed by atoms with E-state index < -0.39 is 0 Å². The van der Waals surface area contributed by atoms with Crippen LogP contribution in [0.5, 0.6) is 0 Å². The Kier molecular flexibility index (Phi) is 6.39. The largest absolute Gasteiger partial charge is 0.332 e. The lowest BCUT2D eigenvalue weighted by Crippen LogP contribution is -1.92. The second kappa shape index (κ2) is 8.32. The minimum atomic E-state index is 0.527. The summed E-state index contributed by atoms with van der Waals surface area (Å²) < 4.78 is 5.35. The Morgan fingerprint density at radius 3 is 2.95 bits per heavy atom. The average Bonchev–Trinajstić information content (AvgIpc) is 2.93. The second-order valence-electron chi connectivity index (χ2n) is 4.10. The molecule has 6 heteroatoms. The molecule has 108 valence electrons. The Hall–Kier alpha value is -1.01. The molecule has 0 unspecified atom stereocenters. The van der Waals surface area contributed by atoms with Crippen LogP contribution in [0.25, 0.3) is 11.6 Å². The average molecular weight is 309 g/mol. The number of aromatic nitrogens is 3. The number of hydrogen-bond donors (Lipinski definition) is 0. The van der Waals surface area contributed by atoms with Crippen LogP contribution in [0.15, 0.2) is 27.7 Å². The summed E-state index contributed by atoms with van der Waals surface area (Å²) in [5.41, 5.74) is 0.793. The summed E-state index contributed by atoms with van der Waals surface area (Å²) in [6, 6.07) is 3.97. The fourth-order valence-electron chi connectivity index (χ4n) is 1.75. The molecule has 0 fully saturated rings. The third-order valence-corrected chi connectivity index (χ3v) is 4.55. The van der Waals surface area contributed by atoms with Gasteiger partial charge in [-0.3, -0.25) is 0 Å². The van der Waals surface area contributed by atoms with Gasteiger partial charge in [0.25, 0.3) is 5.89 Å². The maximum atomic E-state index is 5.35. The Morgan fingerprint density at radius 1 is 1.25 bits per heavy atom. The summed E-state index contributed by atoms with van der Waals surface area (Å²) >= 11 is 3.67. The SMILES string of the molecule is CCSCCCc1noc(-c2ncccc2SCC)n1.